The van der Waals surface area contributed by atoms with E-state index in [2.05, 4.69) is 113 Å². The predicted molar refractivity (Wildman–Crippen MR) is 173 cm³/mol. The maximum atomic E-state index is 5.84. The van der Waals surface area contributed by atoms with E-state index >= 15 is 0 Å². The minimum absolute atomic E-state index is 0.359. The van der Waals surface area contributed by atoms with Crippen LogP contribution in [0.4, 0.5) is 11.4 Å². The van der Waals surface area contributed by atoms with Crippen LogP contribution in [0.5, 0.6) is 11.5 Å². The van der Waals surface area contributed by atoms with Crippen LogP contribution in [0.2, 0.25) is 0 Å². The van der Waals surface area contributed by atoms with Gasteiger partial charge in [-0.25, -0.2) is 0 Å². The van der Waals surface area contributed by atoms with Crippen molar-refractivity contribution < 1.29 is 9.47 Å². The molecular weight excluding hydrogens is 607 g/mol. The zero-order chi connectivity index (χ0) is 27.5. The van der Waals surface area contributed by atoms with Gasteiger partial charge < -0.3 is 14.4 Å². The zero-order valence-electron chi connectivity index (χ0n) is 22.7. The van der Waals surface area contributed by atoms with Crippen LogP contribution in [0.15, 0.2) is 103 Å². The number of methoxy groups -OCH3 is 1. The van der Waals surface area contributed by atoms with Gasteiger partial charge in [-0.2, -0.15) is 0 Å². The van der Waals surface area contributed by atoms with E-state index in [0.29, 0.717) is 24.2 Å². The molecule has 0 amide bonds. The smallest absolute Gasteiger partial charge is 0.174 e. The third-order valence-electron chi connectivity index (χ3n) is 7.96. The van der Waals surface area contributed by atoms with E-state index in [1.54, 1.807) is 13.2 Å². The van der Waals surface area contributed by atoms with Crippen molar-refractivity contribution in [2.45, 2.75) is 24.7 Å². The maximum Gasteiger partial charge on any atom is 0.174 e. The summed E-state index contributed by atoms with van der Waals surface area (Å²) < 4.78 is 12.5. The van der Waals surface area contributed by atoms with Gasteiger partial charge >= 0.3 is 0 Å². The molecule has 5 heteroatoms. The highest BCUT2D eigenvalue weighted by molar-refractivity contribution is 14.1. The first-order valence-electron chi connectivity index (χ1n) is 13.8. The largest absolute Gasteiger partial charge is 0.493 e. The van der Waals surface area contributed by atoms with E-state index in [-0.39, 0.29) is 0 Å². The summed E-state index contributed by atoms with van der Waals surface area (Å²) in [6.07, 6.45) is 5.90. The topological polar surface area (TPSA) is 34.1 Å². The predicted octanol–water partition coefficient (Wildman–Crippen LogP) is 8.49. The molecular formula is C35H33IN2O2. The van der Waals surface area contributed by atoms with Crippen LogP contribution < -0.4 is 14.4 Å². The van der Waals surface area contributed by atoms with E-state index in [1.807, 2.05) is 12.3 Å². The molecule has 4 aromatic carbocycles. The zero-order valence-corrected chi connectivity index (χ0v) is 24.9. The first-order valence-corrected chi connectivity index (χ1v) is 14.9. The van der Waals surface area contributed by atoms with Crippen LogP contribution >= 0.6 is 22.6 Å². The summed E-state index contributed by atoms with van der Waals surface area (Å²) in [5.74, 6) is 2.14. The molecule has 0 aliphatic carbocycles. The molecule has 0 aromatic heterocycles. The van der Waals surface area contributed by atoms with E-state index < -0.39 is 0 Å². The molecule has 2 atom stereocenters. The number of benzene rings is 4. The Bertz CT molecular complexity index is 1460. The number of hydrogen-bond acceptors (Lipinski definition) is 4. The first-order chi connectivity index (χ1) is 19.7. The van der Waals surface area contributed by atoms with Gasteiger partial charge in [-0.1, -0.05) is 73.3 Å². The normalized spacial score (nSPS) is 17.9. The average Bonchev–Trinajstić information content (AvgIpc) is 3.00. The van der Waals surface area contributed by atoms with E-state index in [9.17, 15) is 0 Å². The number of anilines is 1. The fraction of sp³-hybridized carbons (Fsp3) is 0.229. The Morgan fingerprint density at radius 1 is 0.900 bits per heavy atom. The Morgan fingerprint density at radius 2 is 1.50 bits per heavy atom. The SMILES string of the molecule is C=CCOc1c(I)cc(C=Nc2cc3c4c(c2)[C@H](c2ccccc2)CCN4CC[C@@H]3c2ccccc2)cc1OC. The van der Waals surface area contributed by atoms with Gasteiger partial charge in [-0.05, 0) is 87.5 Å². The van der Waals surface area contributed by atoms with Crippen molar-refractivity contribution in [3.8, 4) is 11.5 Å². The molecule has 40 heavy (non-hydrogen) atoms. The van der Waals surface area contributed by atoms with Crippen molar-refractivity contribution in [2.24, 2.45) is 4.99 Å². The number of rotatable bonds is 8. The van der Waals surface area contributed by atoms with E-state index in [4.69, 9.17) is 14.5 Å². The Kier molecular flexibility index (Phi) is 7.91. The van der Waals surface area contributed by atoms with Gasteiger partial charge in [0.05, 0.1) is 16.4 Å². The van der Waals surface area contributed by atoms with Crippen LogP contribution in [-0.4, -0.2) is 33.0 Å². The van der Waals surface area contributed by atoms with Crippen molar-refractivity contribution in [1.29, 1.82) is 0 Å². The summed E-state index contributed by atoms with van der Waals surface area (Å²) in [6, 6.07) is 30.6. The highest BCUT2D eigenvalue weighted by Gasteiger charge is 2.35. The summed E-state index contributed by atoms with van der Waals surface area (Å²) >= 11 is 2.29. The van der Waals surface area contributed by atoms with Gasteiger partial charge in [0.25, 0.3) is 0 Å². The minimum Gasteiger partial charge on any atom is -0.493 e. The Hall–Kier alpha value is -3.58. The Morgan fingerprint density at radius 3 is 2.05 bits per heavy atom. The van der Waals surface area contributed by atoms with Crippen molar-refractivity contribution in [1.82, 2.24) is 0 Å². The molecule has 0 unspecified atom stereocenters. The van der Waals surface area contributed by atoms with Crippen molar-refractivity contribution in [3.63, 3.8) is 0 Å². The monoisotopic (exact) mass is 640 g/mol. The third kappa shape index (κ3) is 5.27. The lowest BCUT2D eigenvalue weighted by Crippen LogP contribution is -2.37. The molecule has 0 radical (unpaired) electrons. The fourth-order valence-corrected chi connectivity index (χ4v) is 6.94. The van der Waals surface area contributed by atoms with Crippen LogP contribution in [0, 0.1) is 3.57 Å². The molecule has 0 bridgehead atoms. The lowest BCUT2D eigenvalue weighted by molar-refractivity contribution is 0.324. The van der Waals surface area contributed by atoms with Crippen molar-refractivity contribution in [2.75, 3.05) is 31.7 Å². The second-order valence-electron chi connectivity index (χ2n) is 10.4. The number of halogens is 1. The summed E-state index contributed by atoms with van der Waals surface area (Å²) in [6.45, 7) is 6.35. The molecule has 0 N–H and O–H groups in total. The van der Waals surface area contributed by atoms with E-state index in [0.717, 1.165) is 46.5 Å². The molecule has 202 valence electrons. The molecule has 0 fully saturated rings. The highest BCUT2D eigenvalue weighted by atomic mass is 127. The minimum atomic E-state index is 0.359. The second kappa shape index (κ2) is 11.9. The molecule has 2 aliphatic heterocycles. The van der Waals surface area contributed by atoms with Gasteiger partial charge in [0, 0.05) is 36.8 Å². The molecule has 0 spiro atoms. The molecule has 2 heterocycles. The second-order valence-corrected chi connectivity index (χ2v) is 11.5. The van der Waals surface area contributed by atoms with Crippen LogP contribution in [-0.2, 0) is 0 Å². The molecule has 4 aromatic rings. The molecule has 0 saturated carbocycles. The molecule has 4 nitrogen and oxygen atoms in total. The number of nitrogens with zero attached hydrogens (tertiary/aromatic N) is 2. The fourth-order valence-electron chi connectivity index (χ4n) is 6.16. The lowest BCUT2D eigenvalue weighted by Gasteiger charge is -2.43. The van der Waals surface area contributed by atoms with Crippen LogP contribution in [0.3, 0.4) is 0 Å². The number of aliphatic imine (C=N–C) groups is 1. The van der Waals surface area contributed by atoms with Gasteiger partial charge in [0.1, 0.15) is 6.61 Å². The summed E-state index contributed by atoms with van der Waals surface area (Å²) in [5, 5.41) is 0. The number of hydrogen-bond donors (Lipinski definition) is 0. The highest BCUT2D eigenvalue weighted by Crippen LogP contribution is 2.50. The van der Waals surface area contributed by atoms with Gasteiger partial charge in [0.15, 0.2) is 11.5 Å². The van der Waals surface area contributed by atoms with Gasteiger partial charge in [-0.3, -0.25) is 4.99 Å². The quantitative estimate of drug-likeness (QED) is 0.110. The standard InChI is InChI=1S/C35H33IN2O2/c1-3-18-40-35-32(36)19-24(20-33(35)39-2)23-37-27-21-30-28(25-10-6-4-7-11-25)14-16-38-17-15-29(31(22-27)34(30)38)26-12-8-5-9-13-26/h3-13,19-23,28-29H,1,14-18H2,2H3/t28-,29+. The van der Waals surface area contributed by atoms with Crippen LogP contribution in [0.25, 0.3) is 0 Å². The summed E-state index contributed by atoms with van der Waals surface area (Å²) in [4.78, 5) is 7.65. The van der Waals surface area contributed by atoms with Crippen molar-refractivity contribution in [3.05, 3.63) is 129 Å². The summed E-state index contributed by atoms with van der Waals surface area (Å²) in [7, 11) is 1.67. The van der Waals surface area contributed by atoms with Crippen molar-refractivity contribution >= 4 is 40.2 Å². The number of ether oxygens (including phenoxy) is 2. The molecule has 2 aliphatic rings. The van der Waals surface area contributed by atoms with Crippen LogP contribution in [0.1, 0.15) is 52.5 Å². The van der Waals surface area contributed by atoms with E-state index in [1.165, 1.54) is 27.9 Å². The maximum absolute atomic E-state index is 5.84. The van der Waals surface area contributed by atoms with Gasteiger partial charge in [0.2, 0.25) is 0 Å². The molecule has 0 saturated heterocycles. The Balaban J connectivity index is 1.45. The first kappa shape index (κ1) is 26.6. The molecule has 6 rings (SSSR count). The summed E-state index contributed by atoms with van der Waals surface area (Å²) in [5.41, 5.74) is 8.91. The lowest BCUT2D eigenvalue weighted by atomic mass is 9.76. The van der Waals surface area contributed by atoms with Gasteiger partial charge in [-0.15, -0.1) is 0 Å². The Labute approximate surface area is 250 Å². The average molecular weight is 641 g/mol. The third-order valence-corrected chi connectivity index (χ3v) is 8.76.